The van der Waals surface area contributed by atoms with Crippen molar-refractivity contribution in [2.45, 2.75) is 174 Å². The van der Waals surface area contributed by atoms with E-state index >= 15 is 0 Å². The van der Waals surface area contributed by atoms with E-state index < -0.39 is 106 Å². The predicted molar refractivity (Wildman–Crippen MR) is 236 cm³/mol. The Balaban J connectivity index is 1.72. The second kappa shape index (κ2) is 24.1. The van der Waals surface area contributed by atoms with E-state index in [4.69, 9.17) is 27.9 Å². The number of ether oxygens (including phenoxy) is 6. The predicted octanol–water partition coefficient (Wildman–Crippen LogP) is 4.49. The van der Waals surface area contributed by atoms with E-state index in [9.17, 15) is 42.6 Å². The molecule has 0 radical (unpaired) electrons. The Morgan fingerprint density at radius 1 is 0.938 bits per heavy atom. The molecular weight excluding hydrogens is 869 g/mol. The van der Waals surface area contributed by atoms with Gasteiger partial charge in [-0.15, -0.1) is 0 Å². The molecule has 3 aliphatic heterocycles. The summed E-state index contributed by atoms with van der Waals surface area (Å²) < 4.78 is 66.8. The number of rotatable bonds is 10. The van der Waals surface area contributed by atoms with Gasteiger partial charge in [-0.25, -0.2) is 13.8 Å². The van der Waals surface area contributed by atoms with Crippen molar-refractivity contribution in [2.24, 2.45) is 29.6 Å². The van der Waals surface area contributed by atoms with Gasteiger partial charge in [-0.3, -0.25) is 14.4 Å². The van der Waals surface area contributed by atoms with Crippen LogP contribution in [0.4, 0.5) is 4.79 Å². The van der Waals surface area contributed by atoms with Gasteiger partial charge in [0.2, 0.25) is 5.79 Å². The first-order chi connectivity index (χ1) is 30.6. The number of piperidine rings is 1. The Bertz CT molecular complexity index is 1840. The lowest BCUT2D eigenvalue weighted by Crippen LogP contribution is -2.64. The third-order valence-corrected chi connectivity index (χ3v) is 14.5. The van der Waals surface area contributed by atoms with Crippen LogP contribution in [0.2, 0.25) is 0 Å². The molecular formula is C46H74N2O16S. The van der Waals surface area contributed by atoms with Crippen molar-refractivity contribution in [3.8, 4) is 0 Å². The average Bonchev–Trinajstić information content (AvgIpc) is 3.26. The Morgan fingerprint density at radius 3 is 2.23 bits per heavy atom. The standard InChI is InChI=1S/C46H74N2O16S/c1-11-32-20-26(3)19-27(4)21-38(59-9)41-39(60-10)23-29(6)46(55,63-41)42(51)43(52)48-18-14-13-15-33(48)44(53)62-40(30(7)34(49)25-35(32)50)28(5)22-31-16-17-36(37(24-31)58-8)64-65(56,57)47-45(54)61-12-2/h20,22,27,29-34,36-41,49,55H,11-19,21,23-25H2,1-10H3,(H,47,54)/b26-20+,28-22+/t27-,29+,30+,31-,32+,33-,34-,36-,37+,38-,39-,40?,41+,46+/m0/s1. The summed E-state index contributed by atoms with van der Waals surface area (Å²) in [5.41, 5.74) is 1.47. The molecule has 2 amide bonds. The van der Waals surface area contributed by atoms with E-state index in [-0.39, 0.29) is 62.9 Å². The minimum atomic E-state index is -4.53. The first-order valence-electron chi connectivity index (χ1n) is 23.1. The zero-order valence-corrected chi connectivity index (χ0v) is 40.6. The summed E-state index contributed by atoms with van der Waals surface area (Å²) in [6.45, 7) is 12.4. The molecule has 0 aromatic rings. The number of aliphatic hydroxyl groups is 2. The quantitative estimate of drug-likeness (QED) is 0.155. The summed E-state index contributed by atoms with van der Waals surface area (Å²) in [5.74, 6) is -8.35. The number of ketones is 2. The van der Waals surface area contributed by atoms with Gasteiger partial charge in [0.15, 0.2) is 0 Å². The topological polar surface area (TPSA) is 240 Å². The van der Waals surface area contributed by atoms with E-state index in [1.807, 2.05) is 32.9 Å². The maximum absolute atomic E-state index is 14.4. The number of hydrogen-bond acceptors (Lipinski definition) is 16. The maximum Gasteiger partial charge on any atom is 0.422 e. The SMILES string of the molecule is CCOC(=O)NS(=O)(=O)O[C@H]1CC[C@@H](/C=C(\C)C2OC(=O)[C@@H]3CCCCN3C(=O)C(=O)[C@]3(O)O[C@H]([C@@H](OC)C[C@@H](C)C/C(C)=C/[C@@H](CC)C(=O)C[C@H](O)[C@H]2C)[C@@H](OC)C[C@H]3C)C[C@H]1OC. The van der Waals surface area contributed by atoms with Crippen LogP contribution in [0.1, 0.15) is 119 Å². The number of hydrogen-bond donors (Lipinski definition) is 3. The van der Waals surface area contributed by atoms with Crippen LogP contribution in [0.15, 0.2) is 23.3 Å². The van der Waals surface area contributed by atoms with Crippen LogP contribution < -0.4 is 4.72 Å². The molecule has 4 rings (SSSR count). The molecule has 2 saturated heterocycles. The Morgan fingerprint density at radius 2 is 1.60 bits per heavy atom. The molecule has 0 aromatic heterocycles. The minimum absolute atomic E-state index is 0.00897. The van der Waals surface area contributed by atoms with Gasteiger partial charge in [0.25, 0.3) is 11.7 Å². The van der Waals surface area contributed by atoms with Crippen LogP contribution in [0.3, 0.4) is 0 Å². The van der Waals surface area contributed by atoms with Gasteiger partial charge in [-0.2, -0.15) is 13.1 Å². The van der Waals surface area contributed by atoms with E-state index in [1.165, 1.54) is 28.3 Å². The van der Waals surface area contributed by atoms with Crippen molar-refractivity contribution in [3.63, 3.8) is 0 Å². The van der Waals surface area contributed by atoms with Crippen molar-refractivity contribution in [3.05, 3.63) is 23.3 Å². The summed E-state index contributed by atoms with van der Waals surface area (Å²) in [6.07, 6.45) is -0.0717. The number of allylic oxidation sites excluding steroid dienone is 3. The number of fused-ring (bicyclic) bond motifs is 3. The number of carbonyl (C=O) groups excluding carboxylic acids is 5. The molecule has 1 aliphatic carbocycles. The van der Waals surface area contributed by atoms with Gasteiger partial charge in [-0.1, -0.05) is 45.4 Å². The first-order valence-corrected chi connectivity index (χ1v) is 24.5. The van der Waals surface area contributed by atoms with Crippen molar-refractivity contribution in [2.75, 3.05) is 34.5 Å². The van der Waals surface area contributed by atoms with Crippen molar-refractivity contribution in [1.82, 2.24) is 9.62 Å². The molecule has 1 unspecified atom stereocenters. The second-order valence-electron chi connectivity index (χ2n) is 18.5. The Labute approximate surface area is 384 Å². The Kier molecular flexibility index (Phi) is 20.2. The summed E-state index contributed by atoms with van der Waals surface area (Å²) >= 11 is 0. The average molecular weight is 943 g/mol. The van der Waals surface area contributed by atoms with Gasteiger partial charge in [-0.05, 0) is 102 Å². The van der Waals surface area contributed by atoms with Crippen LogP contribution in [-0.2, 0) is 62.1 Å². The number of nitrogens with one attached hydrogen (secondary N) is 1. The van der Waals surface area contributed by atoms with Crippen LogP contribution in [-0.4, -0.2) is 142 Å². The van der Waals surface area contributed by atoms with Gasteiger partial charge in [0.05, 0.1) is 31.0 Å². The van der Waals surface area contributed by atoms with E-state index in [0.29, 0.717) is 44.1 Å². The molecule has 2 bridgehead atoms. The fourth-order valence-electron chi connectivity index (χ4n) is 9.93. The lowest BCUT2D eigenvalue weighted by atomic mass is 9.81. The number of carbonyl (C=O) groups is 5. The number of Topliss-reactive ketones (excluding diaryl/α,β-unsaturated/α-hetero) is 2. The van der Waals surface area contributed by atoms with Gasteiger partial charge in [0, 0.05) is 52.0 Å². The van der Waals surface area contributed by atoms with Gasteiger partial charge < -0.3 is 43.5 Å². The molecule has 4 aliphatic rings. The zero-order chi connectivity index (χ0) is 48.4. The summed E-state index contributed by atoms with van der Waals surface area (Å²) in [7, 11) is -0.0999. The number of aliphatic hydroxyl groups excluding tert-OH is 1. The normalized spacial score (nSPS) is 37.5. The van der Waals surface area contributed by atoms with Crippen molar-refractivity contribution >= 4 is 39.8 Å². The van der Waals surface area contributed by atoms with Crippen LogP contribution in [0, 0.1) is 29.6 Å². The molecule has 3 heterocycles. The minimum Gasteiger partial charge on any atom is -0.456 e. The smallest absolute Gasteiger partial charge is 0.422 e. The number of methoxy groups -OCH3 is 3. The van der Waals surface area contributed by atoms with E-state index in [0.717, 1.165) is 10.5 Å². The fraction of sp³-hybridized carbons (Fsp3) is 0.804. The third-order valence-electron chi connectivity index (χ3n) is 13.6. The zero-order valence-electron chi connectivity index (χ0n) is 39.8. The van der Waals surface area contributed by atoms with E-state index in [2.05, 4.69) is 4.74 Å². The first kappa shape index (κ1) is 54.3. The lowest BCUT2D eigenvalue weighted by Gasteiger charge is -2.47. The molecule has 0 aromatic carbocycles. The molecule has 18 nitrogen and oxygen atoms in total. The summed E-state index contributed by atoms with van der Waals surface area (Å²) in [5, 5.41) is 23.9. The highest BCUT2D eigenvalue weighted by molar-refractivity contribution is 7.85. The highest BCUT2D eigenvalue weighted by atomic mass is 32.2. The molecule has 1 saturated carbocycles. The molecule has 3 N–H and O–H groups in total. The number of nitrogens with zero attached hydrogens (tertiary/aromatic N) is 1. The van der Waals surface area contributed by atoms with Crippen LogP contribution in [0.25, 0.3) is 0 Å². The molecule has 14 atom stereocenters. The molecule has 3 fully saturated rings. The Hall–Kier alpha value is -3.30. The van der Waals surface area contributed by atoms with Gasteiger partial charge >= 0.3 is 22.4 Å². The van der Waals surface area contributed by atoms with Crippen LogP contribution in [0.5, 0.6) is 0 Å². The summed E-state index contributed by atoms with van der Waals surface area (Å²) in [4.78, 5) is 69.9. The van der Waals surface area contributed by atoms with Gasteiger partial charge in [0.1, 0.15) is 30.1 Å². The highest BCUT2D eigenvalue weighted by Crippen LogP contribution is 2.39. The fourth-order valence-corrected chi connectivity index (χ4v) is 10.8. The van der Waals surface area contributed by atoms with Crippen LogP contribution >= 0.6 is 0 Å². The third kappa shape index (κ3) is 13.9. The summed E-state index contributed by atoms with van der Waals surface area (Å²) in [6, 6.07) is -1.22. The lowest BCUT2D eigenvalue weighted by molar-refractivity contribution is -0.302. The largest absolute Gasteiger partial charge is 0.456 e. The van der Waals surface area contributed by atoms with Crippen molar-refractivity contribution < 1.29 is 75.2 Å². The molecule has 0 spiro atoms. The highest BCUT2D eigenvalue weighted by Gasteiger charge is 2.56. The number of esters is 1. The monoisotopic (exact) mass is 942 g/mol. The maximum atomic E-state index is 14.4. The molecule has 19 heteroatoms. The number of cyclic esters (lactones) is 1. The van der Waals surface area contributed by atoms with Crippen molar-refractivity contribution in [1.29, 1.82) is 0 Å². The molecule has 65 heavy (non-hydrogen) atoms. The van der Waals surface area contributed by atoms with E-state index in [1.54, 1.807) is 25.5 Å². The number of amides is 2. The second-order valence-corrected chi connectivity index (χ2v) is 19.8. The molecule has 370 valence electrons.